The number of quaternary nitrogens is 1. The number of benzene rings is 2. The van der Waals surface area contributed by atoms with Crippen LogP contribution in [0.2, 0.25) is 0 Å². The van der Waals surface area contributed by atoms with Gasteiger partial charge in [0, 0.05) is 11.6 Å². The standard InChI is InChI=1S/C22H29NO4.ClH/c1-21(2,23(4,5)6)22(3,26)15-27-17-12-13-18(19(24)14-17)20(25)16-10-8-7-9-11-16;/h7-14,26H,15H2,1-6H3;1H. The van der Waals surface area contributed by atoms with E-state index in [4.69, 9.17) is 4.74 Å². The highest BCUT2D eigenvalue weighted by Gasteiger charge is 2.50. The second-order valence-electron chi connectivity index (χ2n) is 8.51. The van der Waals surface area contributed by atoms with Gasteiger partial charge in [0.25, 0.3) is 0 Å². The van der Waals surface area contributed by atoms with E-state index >= 15 is 0 Å². The summed E-state index contributed by atoms with van der Waals surface area (Å²) in [6.07, 6.45) is 0. The molecular weight excluding hydrogens is 378 g/mol. The third-order valence-electron chi connectivity index (χ3n) is 5.76. The fourth-order valence-corrected chi connectivity index (χ4v) is 2.66. The number of aliphatic hydroxyl groups is 1. The number of carbonyl (C=O) groups is 1. The van der Waals surface area contributed by atoms with Gasteiger partial charge < -0.3 is 31.8 Å². The van der Waals surface area contributed by atoms with Crippen LogP contribution in [0, 0.1) is 0 Å². The molecule has 6 heteroatoms. The summed E-state index contributed by atoms with van der Waals surface area (Å²) < 4.78 is 6.30. The number of phenolic OH excluding ortho intramolecular Hbond substituents is 1. The van der Waals surface area contributed by atoms with Gasteiger partial charge in [0.1, 0.15) is 29.2 Å². The van der Waals surface area contributed by atoms with Crippen LogP contribution < -0.4 is 17.1 Å². The molecule has 2 aromatic carbocycles. The number of ketones is 1. The van der Waals surface area contributed by atoms with Gasteiger partial charge in [0.2, 0.25) is 0 Å². The molecule has 0 aliphatic carbocycles. The van der Waals surface area contributed by atoms with E-state index < -0.39 is 11.1 Å². The number of carbonyl (C=O) groups excluding carboxylic acids is 1. The van der Waals surface area contributed by atoms with Crippen LogP contribution in [-0.4, -0.2) is 59.4 Å². The van der Waals surface area contributed by atoms with E-state index in [-0.39, 0.29) is 36.1 Å². The molecule has 1 unspecified atom stereocenters. The Morgan fingerprint density at radius 3 is 2.11 bits per heavy atom. The first-order valence-electron chi connectivity index (χ1n) is 8.96. The summed E-state index contributed by atoms with van der Waals surface area (Å²) in [5, 5.41) is 21.2. The van der Waals surface area contributed by atoms with Crippen molar-refractivity contribution in [2.45, 2.75) is 31.9 Å². The number of aromatic hydroxyl groups is 1. The third kappa shape index (κ3) is 4.85. The summed E-state index contributed by atoms with van der Waals surface area (Å²) >= 11 is 0. The lowest BCUT2D eigenvalue weighted by molar-refractivity contribution is -0.928. The highest BCUT2D eigenvalue weighted by molar-refractivity contribution is 6.10. The highest BCUT2D eigenvalue weighted by atomic mass is 35.5. The van der Waals surface area contributed by atoms with Crippen molar-refractivity contribution in [1.82, 2.24) is 0 Å². The number of ether oxygens (including phenoxy) is 1. The summed E-state index contributed by atoms with van der Waals surface area (Å²) in [5.41, 5.74) is -0.862. The van der Waals surface area contributed by atoms with Crippen LogP contribution in [0.3, 0.4) is 0 Å². The third-order valence-corrected chi connectivity index (χ3v) is 5.76. The quantitative estimate of drug-likeness (QED) is 0.510. The zero-order chi connectivity index (χ0) is 20.5. The van der Waals surface area contributed by atoms with Crippen LogP contribution in [0.1, 0.15) is 36.7 Å². The predicted molar refractivity (Wildman–Crippen MR) is 106 cm³/mol. The smallest absolute Gasteiger partial charge is 0.196 e. The van der Waals surface area contributed by atoms with E-state index in [0.717, 1.165) is 0 Å². The molecule has 0 aliphatic rings. The molecule has 0 fully saturated rings. The Bertz CT molecular complexity index is 811. The summed E-state index contributed by atoms with van der Waals surface area (Å²) in [4.78, 5) is 12.5. The van der Waals surface area contributed by atoms with Gasteiger partial charge in [-0.2, -0.15) is 0 Å². The summed E-state index contributed by atoms with van der Waals surface area (Å²) in [5.74, 6) is -0.000679. The second kappa shape index (κ2) is 8.52. The Hall–Kier alpha value is -2.08. The Morgan fingerprint density at radius 2 is 1.61 bits per heavy atom. The minimum Gasteiger partial charge on any atom is -1.00 e. The molecule has 5 nitrogen and oxygen atoms in total. The van der Waals surface area contributed by atoms with Crippen molar-refractivity contribution >= 4 is 5.78 Å². The first kappa shape index (κ1) is 24.0. The largest absolute Gasteiger partial charge is 1.00 e. The van der Waals surface area contributed by atoms with Gasteiger partial charge in [-0.05, 0) is 32.9 Å². The van der Waals surface area contributed by atoms with Gasteiger partial charge in [0.05, 0.1) is 26.7 Å². The highest BCUT2D eigenvalue weighted by Crippen LogP contribution is 2.32. The normalized spacial score (nSPS) is 14.0. The molecule has 0 aliphatic heterocycles. The molecule has 0 bridgehead atoms. The lowest BCUT2D eigenvalue weighted by atomic mass is 9.82. The number of hydrogen-bond donors (Lipinski definition) is 2. The molecule has 0 amide bonds. The van der Waals surface area contributed by atoms with Crippen molar-refractivity contribution in [3.63, 3.8) is 0 Å². The number of phenols is 1. The predicted octanol–water partition coefficient (Wildman–Crippen LogP) is 0.242. The molecular formula is C22H30ClNO4. The molecule has 154 valence electrons. The maximum atomic E-state index is 12.5. The van der Waals surface area contributed by atoms with E-state index in [9.17, 15) is 15.0 Å². The molecule has 0 saturated carbocycles. The molecule has 2 aromatic rings. The van der Waals surface area contributed by atoms with Crippen LogP contribution in [0.25, 0.3) is 0 Å². The number of hydrogen-bond acceptors (Lipinski definition) is 4. The Morgan fingerprint density at radius 1 is 1.04 bits per heavy atom. The van der Waals surface area contributed by atoms with E-state index in [2.05, 4.69) is 0 Å². The van der Waals surface area contributed by atoms with Crippen LogP contribution >= 0.6 is 0 Å². The molecule has 0 saturated heterocycles. The minimum absolute atomic E-state index is 0. The molecule has 0 heterocycles. The summed E-state index contributed by atoms with van der Waals surface area (Å²) in [6.45, 7) is 5.76. The molecule has 0 radical (unpaired) electrons. The van der Waals surface area contributed by atoms with Crippen molar-refractivity contribution in [2.24, 2.45) is 0 Å². The number of nitrogens with zero attached hydrogens (tertiary/aromatic N) is 1. The Kier molecular flexibility index (Phi) is 7.29. The van der Waals surface area contributed by atoms with Crippen LogP contribution in [0.5, 0.6) is 11.5 Å². The van der Waals surface area contributed by atoms with Gasteiger partial charge in [-0.25, -0.2) is 0 Å². The second-order valence-corrected chi connectivity index (χ2v) is 8.51. The number of likely N-dealkylation sites (N-methyl/N-ethyl adjacent to an activating group) is 1. The molecule has 2 rings (SSSR count). The molecule has 2 N–H and O–H groups in total. The zero-order valence-electron chi connectivity index (χ0n) is 17.4. The molecule has 28 heavy (non-hydrogen) atoms. The topological polar surface area (TPSA) is 66.8 Å². The Labute approximate surface area is 173 Å². The van der Waals surface area contributed by atoms with Gasteiger partial charge in [-0.1, -0.05) is 30.3 Å². The molecule has 0 aromatic heterocycles. The van der Waals surface area contributed by atoms with Crippen LogP contribution in [0.15, 0.2) is 48.5 Å². The average molecular weight is 408 g/mol. The van der Waals surface area contributed by atoms with Crippen LogP contribution in [0.4, 0.5) is 0 Å². The maximum absolute atomic E-state index is 12.5. The minimum atomic E-state index is -1.11. The van der Waals surface area contributed by atoms with Crippen molar-refractivity contribution in [1.29, 1.82) is 0 Å². The van der Waals surface area contributed by atoms with Gasteiger partial charge in [-0.15, -0.1) is 0 Å². The van der Waals surface area contributed by atoms with Crippen LogP contribution in [-0.2, 0) is 0 Å². The maximum Gasteiger partial charge on any atom is 0.196 e. The van der Waals surface area contributed by atoms with Gasteiger partial charge in [-0.3, -0.25) is 4.79 Å². The van der Waals surface area contributed by atoms with Gasteiger partial charge in [0.15, 0.2) is 5.78 Å². The van der Waals surface area contributed by atoms with E-state index in [0.29, 0.717) is 15.8 Å². The zero-order valence-corrected chi connectivity index (χ0v) is 18.1. The average Bonchev–Trinajstić information content (AvgIpc) is 2.59. The van der Waals surface area contributed by atoms with E-state index in [1.54, 1.807) is 43.3 Å². The number of halogens is 1. The summed E-state index contributed by atoms with van der Waals surface area (Å²) in [6, 6.07) is 13.4. The first-order chi connectivity index (χ1) is 12.4. The van der Waals surface area contributed by atoms with Crippen molar-refractivity contribution < 1.29 is 36.6 Å². The molecule has 0 spiro atoms. The number of rotatable bonds is 7. The van der Waals surface area contributed by atoms with E-state index in [1.165, 1.54) is 6.07 Å². The van der Waals surface area contributed by atoms with Crippen molar-refractivity contribution in [3.8, 4) is 11.5 Å². The van der Waals surface area contributed by atoms with E-state index in [1.807, 2.05) is 41.1 Å². The lowest BCUT2D eigenvalue weighted by Crippen LogP contribution is -3.00. The van der Waals surface area contributed by atoms with Crippen molar-refractivity contribution in [3.05, 3.63) is 59.7 Å². The Balaban J connectivity index is 0.00000392. The fourth-order valence-electron chi connectivity index (χ4n) is 2.66. The summed E-state index contributed by atoms with van der Waals surface area (Å²) in [7, 11) is 6.05. The molecule has 1 atom stereocenters. The lowest BCUT2D eigenvalue weighted by Gasteiger charge is -2.49. The monoisotopic (exact) mass is 407 g/mol. The first-order valence-corrected chi connectivity index (χ1v) is 8.96. The van der Waals surface area contributed by atoms with Gasteiger partial charge >= 0.3 is 0 Å². The fraction of sp³-hybridized carbons (Fsp3) is 0.409. The SMILES string of the molecule is CC(O)(COc1ccc(C(=O)c2ccccc2)c(O)c1)C(C)(C)[N+](C)(C)C.[Cl-]. The van der Waals surface area contributed by atoms with Crippen molar-refractivity contribution in [2.75, 3.05) is 27.7 Å².